The van der Waals surface area contributed by atoms with Gasteiger partial charge in [-0.3, -0.25) is 0 Å². The molecule has 0 saturated carbocycles. The van der Waals surface area contributed by atoms with E-state index in [2.05, 4.69) is 37.4 Å². The van der Waals surface area contributed by atoms with Crippen molar-refractivity contribution in [2.24, 2.45) is 11.7 Å². The van der Waals surface area contributed by atoms with Crippen molar-refractivity contribution in [3.05, 3.63) is 34.9 Å². The summed E-state index contributed by atoms with van der Waals surface area (Å²) in [4.78, 5) is 0. The summed E-state index contributed by atoms with van der Waals surface area (Å²) in [5, 5.41) is 3.39. The lowest BCUT2D eigenvalue weighted by Crippen LogP contribution is -2.34. The molecule has 0 aromatic heterocycles. The highest BCUT2D eigenvalue weighted by Gasteiger charge is 2.22. The molecule has 0 aliphatic carbocycles. The average Bonchev–Trinajstić information content (AvgIpc) is 2.32. The molecule has 0 spiro atoms. The molecule has 1 aromatic carbocycles. The van der Waals surface area contributed by atoms with Gasteiger partial charge in [0.25, 0.3) is 0 Å². The third-order valence-electron chi connectivity index (χ3n) is 3.69. The molecule has 2 nitrogen and oxygen atoms in total. The number of aryl methyl sites for hydroxylation is 2. The van der Waals surface area contributed by atoms with Gasteiger partial charge in [-0.15, -0.1) is 0 Å². The summed E-state index contributed by atoms with van der Waals surface area (Å²) in [5.74, 6) is 0.641. The fourth-order valence-corrected chi connectivity index (χ4v) is 2.58. The van der Waals surface area contributed by atoms with Crippen molar-refractivity contribution in [2.45, 2.75) is 32.7 Å². The first-order valence-electron chi connectivity index (χ1n) is 6.22. The van der Waals surface area contributed by atoms with Gasteiger partial charge < -0.3 is 11.1 Å². The normalized spacial score (nSPS) is 19.7. The molecule has 16 heavy (non-hydrogen) atoms. The highest BCUT2D eigenvalue weighted by Crippen LogP contribution is 2.29. The molecule has 3 N–H and O–H groups in total. The van der Waals surface area contributed by atoms with E-state index in [0.717, 1.165) is 13.1 Å². The first-order chi connectivity index (χ1) is 7.68. The number of nitrogens with one attached hydrogen (secondary N) is 1. The van der Waals surface area contributed by atoms with Crippen molar-refractivity contribution in [1.29, 1.82) is 0 Å². The second-order valence-corrected chi connectivity index (χ2v) is 4.97. The van der Waals surface area contributed by atoms with Gasteiger partial charge in [0, 0.05) is 6.04 Å². The second-order valence-electron chi connectivity index (χ2n) is 4.97. The summed E-state index contributed by atoms with van der Waals surface area (Å²) in [7, 11) is 0. The summed E-state index contributed by atoms with van der Waals surface area (Å²) >= 11 is 0. The molecule has 88 valence electrons. The average molecular weight is 218 g/mol. The molecule has 0 radical (unpaired) electrons. The molecule has 2 rings (SSSR count). The number of piperidine rings is 1. The Balaban J connectivity index is 2.18. The van der Waals surface area contributed by atoms with E-state index in [9.17, 15) is 0 Å². The van der Waals surface area contributed by atoms with Gasteiger partial charge in [-0.1, -0.05) is 23.8 Å². The van der Waals surface area contributed by atoms with E-state index < -0.39 is 0 Å². The second kappa shape index (κ2) is 4.98. The summed E-state index contributed by atoms with van der Waals surface area (Å²) in [6.07, 6.45) is 2.41. The Kier molecular flexibility index (Phi) is 3.62. The van der Waals surface area contributed by atoms with Gasteiger partial charge >= 0.3 is 0 Å². The standard InChI is InChI=1S/C14H22N2/c1-10-3-4-11(2)13(9-10)14(15)12-5-7-16-8-6-12/h3-4,9,12,14,16H,5-8,15H2,1-2H3. The van der Waals surface area contributed by atoms with Crippen LogP contribution in [0.25, 0.3) is 0 Å². The van der Waals surface area contributed by atoms with Gasteiger partial charge in [0.1, 0.15) is 0 Å². The molecule has 1 atom stereocenters. The van der Waals surface area contributed by atoms with Crippen LogP contribution in [0.2, 0.25) is 0 Å². The van der Waals surface area contributed by atoms with Gasteiger partial charge in [-0.2, -0.15) is 0 Å². The van der Waals surface area contributed by atoms with Crippen LogP contribution in [-0.4, -0.2) is 13.1 Å². The van der Waals surface area contributed by atoms with Crippen molar-refractivity contribution >= 4 is 0 Å². The first kappa shape index (κ1) is 11.6. The minimum absolute atomic E-state index is 0.210. The third-order valence-corrected chi connectivity index (χ3v) is 3.69. The van der Waals surface area contributed by atoms with E-state index in [4.69, 9.17) is 5.73 Å². The molecular formula is C14H22N2. The van der Waals surface area contributed by atoms with Crippen LogP contribution in [0.1, 0.15) is 35.6 Å². The third kappa shape index (κ3) is 2.45. The maximum absolute atomic E-state index is 6.41. The van der Waals surface area contributed by atoms with Crippen LogP contribution < -0.4 is 11.1 Å². The molecule has 2 heteroatoms. The highest BCUT2D eigenvalue weighted by molar-refractivity contribution is 5.33. The van der Waals surface area contributed by atoms with Crippen LogP contribution in [0.4, 0.5) is 0 Å². The molecule has 1 aliphatic rings. The van der Waals surface area contributed by atoms with Crippen LogP contribution in [0.3, 0.4) is 0 Å². The number of nitrogens with two attached hydrogens (primary N) is 1. The Labute approximate surface area is 98.2 Å². The molecule has 0 bridgehead atoms. The fraction of sp³-hybridized carbons (Fsp3) is 0.571. The Morgan fingerprint density at radius 2 is 1.94 bits per heavy atom. The predicted octanol–water partition coefficient (Wildman–Crippen LogP) is 2.30. The van der Waals surface area contributed by atoms with Gasteiger partial charge in [0.05, 0.1) is 0 Å². The summed E-state index contributed by atoms with van der Waals surface area (Å²) in [5.41, 5.74) is 10.4. The number of rotatable bonds is 2. The zero-order valence-electron chi connectivity index (χ0n) is 10.3. The molecular weight excluding hydrogens is 196 g/mol. The van der Waals surface area contributed by atoms with E-state index >= 15 is 0 Å². The van der Waals surface area contributed by atoms with E-state index in [1.807, 2.05) is 0 Å². The van der Waals surface area contributed by atoms with E-state index in [1.54, 1.807) is 0 Å². The van der Waals surface area contributed by atoms with Crippen molar-refractivity contribution in [1.82, 2.24) is 5.32 Å². The van der Waals surface area contributed by atoms with E-state index in [0.29, 0.717) is 5.92 Å². The van der Waals surface area contributed by atoms with Gasteiger partial charge in [-0.05, 0) is 56.8 Å². The van der Waals surface area contributed by atoms with E-state index in [-0.39, 0.29) is 6.04 Å². The maximum Gasteiger partial charge on any atom is 0.0327 e. The minimum atomic E-state index is 0.210. The molecule has 1 heterocycles. The quantitative estimate of drug-likeness (QED) is 0.799. The van der Waals surface area contributed by atoms with Crippen LogP contribution in [0, 0.1) is 19.8 Å². The predicted molar refractivity (Wildman–Crippen MR) is 68.4 cm³/mol. The Bertz CT molecular complexity index is 354. The van der Waals surface area contributed by atoms with Crippen molar-refractivity contribution in [2.75, 3.05) is 13.1 Å². The fourth-order valence-electron chi connectivity index (χ4n) is 2.58. The lowest BCUT2D eigenvalue weighted by Gasteiger charge is -2.29. The summed E-state index contributed by atoms with van der Waals surface area (Å²) in [6.45, 7) is 6.53. The van der Waals surface area contributed by atoms with Crippen molar-refractivity contribution in [3.63, 3.8) is 0 Å². The SMILES string of the molecule is Cc1ccc(C)c(C(N)C2CCNCC2)c1. The van der Waals surface area contributed by atoms with Crippen LogP contribution >= 0.6 is 0 Å². The topological polar surface area (TPSA) is 38.0 Å². The minimum Gasteiger partial charge on any atom is -0.324 e. The van der Waals surface area contributed by atoms with Gasteiger partial charge in [-0.25, -0.2) is 0 Å². The van der Waals surface area contributed by atoms with Crippen molar-refractivity contribution in [3.8, 4) is 0 Å². The lowest BCUT2D eigenvalue weighted by atomic mass is 9.84. The summed E-state index contributed by atoms with van der Waals surface area (Å²) < 4.78 is 0. The smallest absolute Gasteiger partial charge is 0.0327 e. The van der Waals surface area contributed by atoms with Crippen LogP contribution in [0.5, 0.6) is 0 Å². The van der Waals surface area contributed by atoms with Gasteiger partial charge in [0.15, 0.2) is 0 Å². The van der Waals surface area contributed by atoms with Crippen LogP contribution in [-0.2, 0) is 0 Å². The largest absolute Gasteiger partial charge is 0.324 e. The first-order valence-corrected chi connectivity index (χ1v) is 6.22. The van der Waals surface area contributed by atoms with Crippen molar-refractivity contribution < 1.29 is 0 Å². The number of benzene rings is 1. The molecule has 1 unspecified atom stereocenters. The zero-order valence-corrected chi connectivity index (χ0v) is 10.3. The zero-order chi connectivity index (χ0) is 11.5. The van der Waals surface area contributed by atoms with Gasteiger partial charge in [0.2, 0.25) is 0 Å². The van der Waals surface area contributed by atoms with Crippen LogP contribution in [0.15, 0.2) is 18.2 Å². The monoisotopic (exact) mass is 218 g/mol. The Morgan fingerprint density at radius 3 is 2.62 bits per heavy atom. The maximum atomic E-state index is 6.41. The highest BCUT2D eigenvalue weighted by atomic mass is 14.9. The molecule has 1 aromatic rings. The molecule has 0 amide bonds. The Morgan fingerprint density at radius 1 is 1.25 bits per heavy atom. The molecule has 1 fully saturated rings. The molecule has 1 aliphatic heterocycles. The summed E-state index contributed by atoms with van der Waals surface area (Å²) in [6, 6.07) is 6.81. The Hall–Kier alpha value is -0.860. The number of hydrogen-bond acceptors (Lipinski definition) is 2. The lowest BCUT2D eigenvalue weighted by molar-refractivity contribution is 0.321. The number of hydrogen-bond donors (Lipinski definition) is 2. The van der Waals surface area contributed by atoms with E-state index in [1.165, 1.54) is 29.5 Å². The molecule has 1 saturated heterocycles.